The highest BCUT2D eigenvalue weighted by atomic mass is 19.1. The number of carbonyl (C=O) groups is 1. The number of nitrogens with zero attached hydrogens (tertiary/aromatic N) is 6. The van der Waals surface area contributed by atoms with Crippen molar-refractivity contribution in [3.63, 3.8) is 0 Å². The third-order valence-electron chi connectivity index (χ3n) is 6.71. The third-order valence-corrected chi connectivity index (χ3v) is 6.71. The second kappa shape index (κ2) is 9.85. The Morgan fingerprint density at radius 2 is 1.87 bits per heavy atom. The molecule has 0 bridgehead atoms. The Hall–Kier alpha value is -4.34. The number of halogens is 2. The average Bonchev–Trinajstić information content (AvgIpc) is 3.24. The molecule has 1 aliphatic heterocycles. The van der Waals surface area contributed by atoms with Gasteiger partial charge in [0.05, 0.1) is 37.3 Å². The van der Waals surface area contributed by atoms with E-state index in [2.05, 4.69) is 15.1 Å². The fraction of sp³-hybridized carbons (Fsp3) is 0.286. The number of rotatable bonds is 6. The number of hydrogen-bond acceptors (Lipinski definition) is 5. The van der Waals surface area contributed by atoms with Gasteiger partial charge in [0.25, 0.3) is 0 Å². The minimum absolute atomic E-state index is 0.0567. The van der Waals surface area contributed by atoms with Gasteiger partial charge in [0, 0.05) is 43.0 Å². The largest absolute Gasteiger partial charge is 0.494 e. The number of anilines is 2. The SMILES string of the molecule is COc1cc(C(C)C)c(F)c(N2Cc3cnc(-c4cn(C)nc4C)cc3N(Cc3ccncc3)C2=O)c1F. The van der Waals surface area contributed by atoms with Crippen LogP contribution in [0.2, 0.25) is 0 Å². The Balaban J connectivity index is 1.67. The number of methoxy groups -OCH3 is 1. The number of benzene rings is 1. The lowest BCUT2D eigenvalue weighted by atomic mass is 9.99. The molecular weight excluding hydrogens is 490 g/mol. The van der Waals surface area contributed by atoms with Gasteiger partial charge in [0.15, 0.2) is 17.4 Å². The minimum atomic E-state index is -0.925. The molecule has 4 heterocycles. The smallest absolute Gasteiger partial charge is 0.329 e. The van der Waals surface area contributed by atoms with E-state index in [1.54, 1.807) is 49.3 Å². The fourth-order valence-electron chi connectivity index (χ4n) is 4.75. The third kappa shape index (κ3) is 4.36. The average molecular weight is 519 g/mol. The first-order valence-electron chi connectivity index (χ1n) is 12.2. The van der Waals surface area contributed by atoms with Crippen LogP contribution >= 0.6 is 0 Å². The molecule has 0 aliphatic carbocycles. The molecule has 3 aromatic heterocycles. The van der Waals surface area contributed by atoms with Crippen molar-refractivity contribution in [3.8, 4) is 17.0 Å². The van der Waals surface area contributed by atoms with Crippen LogP contribution in [0.25, 0.3) is 11.3 Å². The molecular formula is C28H28F2N6O2. The number of ether oxygens (including phenoxy) is 1. The lowest BCUT2D eigenvalue weighted by Crippen LogP contribution is -2.47. The Kier molecular flexibility index (Phi) is 6.56. The molecule has 0 fully saturated rings. The zero-order valence-electron chi connectivity index (χ0n) is 21.9. The Labute approximate surface area is 219 Å². The van der Waals surface area contributed by atoms with E-state index in [0.29, 0.717) is 16.9 Å². The molecule has 0 saturated carbocycles. The predicted molar refractivity (Wildman–Crippen MR) is 140 cm³/mol. The van der Waals surface area contributed by atoms with Crippen molar-refractivity contribution >= 4 is 17.4 Å². The maximum Gasteiger partial charge on any atom is 0.329 e. The highest BCUT2D eigenvalue weighted by Crippen LogP contribution is 2.41. The van der Waals surface area contributed by atoms with Crippen LogP contribution in [0.5, 0.6) is 5.75 Å². The van der Waals surface area contributed by atoms with Gasteiger partial charge >= 0.3 is 6.03 Å². The maximum atomic E-state index is 15.8. The second-order valence-corrected chi connectivity index (χ2v) is 9.61. The summed E-state index contributed by atoms with van der Waals surface area (Å²) in [5.74, 6) is -2.08. The van der Waals surface area contributed by atoms with Gasteiger partial charge in [-0.25, -0.2) is 13.6 Å². The molecule has 0 radical (unpaired) electrons. The lowest BCUT2D eigenvalue weighted by molar-refractivity contribution is 0.249. The molecule has 0 spiro atoms. The summed E-state index contributed by atoms with van der Waals surface area (Å²) in [5, 5.41) is 4.40. The first-order chi connectivity index (χ1) is 18.2. The van der Waals surface area contributed by atoms with Crippen molar-refractivity contribution in [1.29, 1.82) is 0 Å². The molecule has 5 rings (SSSR count). The first kappa shape index (κ1) is 25.3. The van der Waals surface area contributed by atoms with Gasteiger partial charge in [-0.2, -0.15) is 5.10 Å². The van der Waals surface area contributed by atoms with E-state index in [4.69, 9.17) is 4.74 Å². The second-order valence-electron chi connectivity index (χ2n) is 9.61. The number of aryl methyl sites for hydroxylation is 2. The fourth-order valence-corrected chi connectivity index (χ4v) is 4.75. The summed E-state index contributed by atoms with van der Waals surface area (Å²) in [6.45, 7) is 5.60. The van der Waals surface area contributed by atoms with E-state index < -0.39 is 23.4 Å². The van der Waals surface area contributed by atoms with Gasteiger partial charge in [0.2, 0.25) is 0 Å². The van der Waals surface area contributed by atoms with Crippen molar-refractivity contribution in [2.75, 3.05) is 16.9 Å². The summed E-state index contributed by atoms with van der Waals surface area (Å²) in [7, 11) is 3.15. The summed E-state index contributed by atoms with van der Waals surface area (Å²) in [6.07, 6.45) is 6.78. The lowest BCUT2D eigenvalue weighted by Gasteiger charge is -2.37. The van der Waals surface area contributed by atoms with Crippen molar-refractivity contribution in [1.82, 2.24) is 19.7 Å². The molecule has 0 unspecified atom stereocenters. The summed E-state index contributed by atoms with van der Waals surface area (Å²) < 4.78 is 38.3. The zero-order chi connectivity index (χ0) is 27.1. The standard InChI is InChI=1S/C28H28F2N6O2/c1-16(2)20-10-24(38-5)26(30)27(25(20)29)36-14-19-12-32-22(21-15-34(4)33-17(21)3)11-23(19)35(28(36)37)13-18-6-8-31-9-7-18/h6-12,15-16H,13-14H2,1-5H3. The zero-order valence-corrected chi connectivity index (χ0v) is 21.9. The molecule has 1 aliphatic rings. The highest BCUT2D eigenvalue weighted by Gasteiger charge is 2.37. The van der Waals surface area contributed by atoms with E-state index in [0.717, 1.165) is 21.7 Å². The molecule has 0 N–H and O–H groups in total. The van der Waals surface area contributed by atoms with Gasteiger partial charge in [-0.1, -0.05) is 13.8 Å². The van der Waals surface area contributed by atoms with Crippen molar-refractivity contribution in [2.45, 2.75) is 39.8 Å². The molecule has 2 amide bonds. The van der Waals surface area contributed by atoms with Crippen LogP contribution in [-0.4, -0.2) is 32.9 Å². The first-order valence-corrected chi connectivity index (χ1v) is 12.2. The van der Waals surface area contributed by atoms with Gasteiger partial charge in [-0.3, -0.25) is 24.4 Å². The van der Waals surface area contributed by atoms with Crippen molar-refractivity contribution in [2.24, 2.45) is 7.05 Å². The van der Waals surface area contributed by atoms with Crippen LogP contribution in [0.4, 0.5) is 25.0 Å². The van der Waals surface area contributed by atoms with Gasteiger partial charge in [0.1, 0.15) is 5.69 Å². The molecule has 196 valence electrons. The minimum Gasteiger partial charge on any atom is -0.494 e. The molecule has 0 atom stereocenters. The summed E-state index contributed by atoms with van der Waals surface area (Å²) in [6, 6.07) is 6.20. The maximum absolute atomic E-state index is 15.8. The molecule has 4 aromatic rings. The monoisotopic (exact) mass is 518 g/mol. The number of pyridine rings is 2. The number of amides is 2. The number of hydrogen-bond donors (Lipinski definition) is 0. The van der Waals surface area contributed by atoms with E-state index in [1.165, 1.54) is 18.1 Å². The highest BCUT2D eigenvalue weighted by molar-refractivity contribution is 6.06. The summed E-state index contributed by atoms with van der Waals surface area (Å²) in [5.41, 5.74) is 4.18. The molecule has 0 saturated heterocycles. The number of fused-ring (bicyclic) bond motifs is 1. The van der Waals surface area contributed by atoms with Gasteiger partial charge < -0.3 is 4.74 Å². The van der Waals surface area contributed by atoms with E-state index in [-0.39, 0.29) is 30.3 Å². The predicted octanol–water partition coefficient (Wildman–Crippen LogP) is 5.74. The van der Waals surface area contributed by atoms with Gasteiger partial charge in [-0.05, 0) is 48.2 Å². The molecule has 38 heavy (non-hydrogen) atoms. The van der Waals surface area contributed by atoms with Crippen LogP contribution in [-0.2, 0) is 20.1 Å². The number of carbonyl (C=O) groups excluding carboxylic acids is 1. The van der Waals surface area contributed by atoms with Crippen LogP contribution in [0, 0.1) is 18.6 Å². The van der Waals surface area contributed by atoms with E-state index in [9.17, 15) is 4.79 Å². The topological polar surface area (TPSA) is 76.4 Å². The number of urea groups is 1. The molecule has 10 heteroatoms. The van der Waals surface area contributed by atoms with Gasteiger partial charge in [-0.15, -0.1) is 0 Å². The van der Waals surface area contributed by atoms with Crippen LogP contribution in [0.3, 0.4) is 0 Å². The normalized spacial score (nSPS) is 13.3. The van der Waals surface area contributed by atoms with E-state index in [1.807, 2.05) is 26.2 Å². The van der Waals surface area contributed by atoms with Crippen molar-refractivity contribution in [3.05, 3.63) is 83.1 Å². The Bertz CT molecular complexity index is 1520. The quantitative estimate of drug-likeness (QED) is 0.325. The molecule has 1 aromatic carbocycles. The van der Waals surface area contributed by atoms with Crippen LogP contribution in [0.15, 0.2) is 49.1 Å². The summed E-state index contributed by atoms with van der Waals surface area (Å²) >= 11 is 0. The number of aromatic nitrogens is 4. The summed E-state index contributed by atoms with van der Waals surface area (Å²) in [4.78, 5) is 25.3. The van der Waals surface area contributed by atoms with Crippen LogP contribution in [0.1, 0.15) is 42.1 Å². The van der Waals surface area contributed by atoms with Crippen LogP contribution < -0.4 is 14.5 Å². The van der Waals surface area contributed by atoms with Crippen molar-refractivity contribution < 1.29 is 18.3 Å². The Morgan fingerprint density at radius 3 is 2.50 bits per heavy atom. The van der Waals surface area contributed by atoms with E-state index >= 15 is 8.78 Å². The Morgan fingerprint density at radius 1 is 1.13 bits per heavy atom. The molecule has 8 nitrogen and oxygen atoms in total.